The molecule has 24 heavy (non-hydrogen) atoms. The quantitative estimate of drug-likeness (QED) is 0.778. The van der Waals surface area contributed by atoms with Crippen molar-refractivity contribution in [2.45, 2.75) is 13.3 Å². The van der Waals surface area contributed by atoms with E-state index in [2.05, 4.69) is 51.6 Å². The summed E-state index contributed by atoms with van der Waals surface area (Å²) in [6.07, 6.45) is 2.65. The Bertz CT molecular complexity index is 868. The minimum atomic E-state index is 0.0198. The zero-order valence-corrected chi connectivity index (χ0v) is 13.6. The van der Waals surface area contributed by atoms with Crippen LogP contribution < -0.4 is 10.2 Å². The second kappa shape index (κ2) is 6.00. The van der Waals surface area contributed by atoms with Crippen LogP contribution in [0.25, 0.3) is 10.9 Å². The molecule has 0 bridgehead atoms. The molecule has 5 nitrogen and oxygen atoms in total. The lowest BCUT2D eigenvalue weighted by molar-refractivity contribution is -0.119. The van der Waals surface area contributed by atoms with Gasteiger partial charge >= 0.3 is 0 Å². The molecular formula is C19H20N4O. The van der Waals surface area contributed by atoms with Crippen molar-refractivity contribution in [3.8, 4) is 0 Å². The van der Waals surface area contributed by atoms with Crippen LogP contribution in [0, 0.1) is 12.8 Å². The molecule has 1 aliphatic rings. The molecule has 0 aliphatic carbocycles. The number of H-pyrrole nitrogens is 1. The number of benzene rings is 2. The maximum Gasteiger partial charge on any atom is 0.229 e. The van der Waals surface area contributed by atoms with E-state index in [1.165, 1.54) is 11.3 Å². The van der Waals surface area contributed by atoms with Gasteiger partial charge in [-0.2, -0.15) is 5.10 Å². The molecule has 2 heterocycles. The summed E-state index contributed by atoms with van der Waals surface area (Å²) >= 11 is 0. The average Bonchev–Trinajstić information content (AvgIpc) is 3.24. The van der Waals surface area contributed by atoms with Crippen molar-refractivity contribution >= 4 is 28.2 Å². The van der Waals surface area contributed by atoms with Gasteiger partial charge in [0.15, 0.2) is 0 Å². The van der Waals surface area contributed by atoms with Crippen LogP contribution in [-0.2, 0) is 4.79 Å². The van der Waals surface area contributed by atoms with Crippen LogP contribution in [0.15, 0.2) is 48.7 Å². The minimum Gasteiger partial charge on any atom is -0.371 e. The fourth-order valence-corrected chi connectivity index (χ4v) is 3.23. The average molecular weight is 320 g/mol. The van der Waals surface area contributed by atoms with Gasteiger partial charge in [-0.3, -0.25) is 9.89 Å². The summed E-state index contributed by atoms with van der Waals surface area (Å²) < 4.78 is 0. The van der Waals surface area contributed by atoms with Gasteiger partial charge < -0.3 is 10.2 Å². The Morgan fingerprint density at radius 3 is 2.92 bits per heavy atom. The van der Waals surface area contributed by atoms with Crippen LogP contribution >= 0.6 is 0 Å². The van der Waals surface area contributed by atoms with Crippen molar-refractivity contribution in [1.82, 2.24) is 10.2 Å². The molecule has 0 radical (unpaired) electrons. The molecule has 1 amide bonds. The number of amides is 1. The molecule has 2 N–H and O–H groups in total. The van der Waals surface area contributed by atoms with Crippen LogP contribution in [0.3, 0.4) is 0 Å². The van der Waals surface area contributed by atoms with Gasteiger partial charge in [0.1, 0.15) is 0 Å². The lowest BCUT2D eigenvalue weighted by atomic mass is 10.1. The Hall–Kier alpha value is -2.82. The summed E-state index contributed by atoms with van der Waals surface area (Å²) in [5.41, 5.74) is 4.24. The summed E-state index contributed by atoms with van der Waals surface area (Å²) in [6, 6.07) is 14.3. The van der Waals surface area contributed by atoms with Gasteiger partial charge in [-0.05, 0) is 43.7 Å². The Morgan fingerprint density at radius 1 is 1.25 bits per heavy atom. The first-order valence-electron chi connectivity index (χ1n) is 8.25. The Balaban J connectivity index is 1.42. The number of nitrogens with one attached hydrogen (secondary N) is 2. The first-order valence-corrected chi connectivity index (χ1v) is 8.25. The highest BCUT2D eigenvalue weighted by atomic mass is 16.1. The molecule has 4 rings (SSSR count). The first kappa shape index (κ1) is 14.8. The molecule has 5 heteroatoms. The second-order valence-corrected chi connectivity index (χ2v) is 6.43. The van der Waals surface area contributed by atoms with E-state index in [9.17, 15) is 4.79 Å². The van der Waals surface area contributed by atoms with Gasteiger partial charge in [-0.25, -0.2) is 0 Å². The van der Waals surface area contributed by atoms with Crippen molar-refractivity contribution in [2.24, 2.45) is 5.92 Å². The second-order valence-electron chi connectivity index (χ2n) is 6.43. The third-order valence-corrected chi connectivity index (χ3v) is 4.67. The first-order chi connectivity index (χ1) is 11.7. The molecule has 1 aliphatic heterocycles. The number of rotatable bonds is 3. The van der Waals surface area contributed by atoms with E-state index in [-0.39, 0.29) is 11.8 Å². The predicted molar refractivity (Wildman–Crippen MR) is 96.2 cm³/mol. The summed E-state index contributed by atoms with van der Waals surface area (Å²) in [7, 11) is 0. The molecule has 1 fully saturated rings. The van der Waals surface area contributed by atoms with Crippen LogP contribution in [0.1, 0.15) is 12.0 Å². The maximum absolute atomic E-state index is 12.6. The molecule has 3 aromatic rings. The van der Waals surface area contributed by atoms with E-state index < -0.39 is 0 Å². The minimum absolute atomic E-state index is 0.0198. The summed E-state index contributed by atoms with van der Waals surface area (Å²) in [4.78, 5) is 14.8. The van der Waals surface area contributed by atoms with Gasteiger partial charge in [0.25, 0.3) is 0 Å². The van der Waals surface area contributed by atoms with Crippen LogP contribution in [0.5, 0.6) is 0 Å². The lowest BCUT2D eigenvalue weighted by Crippen LogP contribution is -2.26. The van der Waals surface area contributed by atoms with Gasteiger partial charge in [0.2, 0.25) is 5.91 Å². The van der Waals surface area contributed by atoms with E-state index in [1.807, 2.05) is 18.2 Å². The number of aryl methyl sites for hydroxylation is 1. The van der Waals surface area contributed by atoms with Crippen molar-refractivity contribution in [1.29, 1.82) is 0 Å². The molecule has 1 saturated heterocycles. The Labute approximate surface area is 140 Å². The van der Waals surface area contributed by atoms with Crippen molar-refractivity contribution in [2.75, 3.05) is 23.3 Å². The van der Waals surface area contributed by atoms with Gasteiger partial charge in [-0.15, -0.1) is 0 Å². The van der Waals surface area contributed by atoms with Crippen molar-refractivity contribution in [3.63, 3.8) is 0 Å². The van der Waals surface area contributed by atoms with Gasteiger partial charge in [0, 0.05) is 29.9 Å². The van der Waals surface area contributed by atoms with Crippen molar-refractivity contribution in [3.05, 3.63) is 54.2 Å². The number of hydrogen-bond donors (Lipinski definition) is 2. The molecule has 0 spiro atoms. The fourth-order valence-electron chi connectivity index (χ4n) is 3.23. The Kier molecular flexibility index (Phi) is 3.69. The lowest BCUT2D eigenvalue weighted by Gasteiger charge is -2.18. The van der Waals surface area contributed by atoms with E-state index in [0.717, 1.165) is 36.1 Å². The highest BCUT2D eigenvalue weighted by molar-refractivity contribution is 5.95. The van der Waals surface area contributed by atoms with Gasteiger partial charge in [-0.1, -0.05) is 17.7 Å². The fraction of sp³-hybridized carbons (Fsp3) is 0.263. The predicted octanol–water partition coefficient (Wildman–Crippen LogP) is 3.34. The van der Waals surface area contributed by atoms with E-state index in [0.29, 0.717) is 0 Å². The molecule has 1 atom stereocenters. The number of nitrogens with zero attached hydrogens (tertiary/aromatic N) is 2. The molecule has 0 saturated carbocycles. The van der Waals surface area contributed by atoms with Crippen LogP contribution in [-0.4, -0.2) is 29.2 Å². The van der Waals surface area contributed by atoms with Crippen molar-refractivity contribution < 1.29 is 4.79 Å². The summed E-state index contributed by atoms with van der Waals surface area (Å²) in [5, 5.41) is 11.0. The van der Waals surface area contributed by atoms with Crippen LogP contribution in [0.4, 0.5) is 11.4 Å². The molecule has 2 aromatic carbocycles. The largest absolute Gasteiger partial charge is 0.371 e. The SMILES string of the molecule is Cc1ccc(N2CCC(C(=O)Nc3ccc4[nH]ncc4c3)C2)cc1. The van der Waals surface area contributed by atoms with E-state index >= 15 is 0 Å². The number of carbonyl (C=O) groups excluding carboxylic acids is 1. The zero-order valence-electron chi connectivity index (χ0n) is 13.6. The summed E-state index contributed by atoms with van der Waals surface area (Å²) in [5.74, 6) is 0.110. The van der Waals surface area contributed by atoms with E-state index in [1.54, 1.807) is 6.20 Å². The summed E-state index contributed by atoms with van der Waals surface area (Å²) in [6.45, 7) is 3.77. The molecule has 1 unspecified atom stereocenters. The van der Waals surface area contributed by atoms with E-state index in [4.69, 9.17) is 0 Å². The molecule has 122 valence electrons. The third-order valence-electron chi connectivity index (χ3n) is 4.67. The highest BCUT2D eigenvalue weighted by Crippen LogP contribution is 2.25. The van der Waals surface area contributed by atoms with Crippen LogP contribution in [0.2, 0.25) is 0 Å². The van der Waals surface area contributed by atoms with Gasteiger partial charge in [0.05, 0.1) is 17.6 Å². The molecular weight excluding hydrogens is 300 g/mol. The molecule has 1 aromatic heterocycles. The number of anilines is 2. The standard InChI is InChI=1S/C19H20N4O/c1-13-2-5-17(6-3-13)23-9-8-14(12-23)19(24)21-16-4-7-18-15(10-16)11-20-22-18/h2-7,10-11,14H,8-9,12H2,1H3,(H,20,22)(H,21,24). The number of fused-ring (bicyclic) bond motifs is 1. The monoisotopic (exact) mass is 320 g/mol. The zero-order chi connectivity index (χ0) is 16.5. The third kappa shape index (κ3) is 2.85. The highest BCUT2D eigenvalue weighted by Gasteiger charge is 2.28. The number of carbonyl (C=O) groups is 1. The smallest absolute Gasteiger partial charge is 0.229 e. The topological polar surface area (TPSA) is 61.0 Å². The number of aromatic amines is 1. The normalized spacial score (nSPS) is 17.4. The number of hydrogen-bond acceptors (Lipinski definition) is 3. The maximum atomic E-state index is 12.6. The Morgan fingerprint density at radius 2 is 2.08 bits per heavy atom. The number of aromatic nitrogens is 2.